The number of urea groups is 1. The molecule has 138 valence electrons. The number of carbonyl (C=O) groups excluding carboxylic acids is 1. The minimum atomic E-state index is -3.02. The second-order valence-corrected chi connectivity index (χ2v) is 10.2. The Morgan fingerprint density at radius 3 is 2.60 bits per heavy atom. The third kappa shape index (κ3) is 4.23. The Morgan fingerprint density at radius 2 is 2.08 bits per heavy atom. The van der Waals surface area contributed by atoms with E-state index in [9.17, 15) is 13.2 Å². The summed E-state index contributed by atoms with van der Waals surface area (Å²) in [5.74, 6) is 0.202. The molecule has 2 fully saturated rings. The summed E-state index contributed by atoms with van der Waals surface area (Å²) in [6.45, 7) is 0. The van der Waals surface area contributed by atoms with Crippen LogP contribution in [-0.2, 0) is 16.3 Å². The summed E-state index contributed by atoms with van der Waals surface area (Å²) in [7, 11) is -1.35. The number of benzene rings is 1. The van der Waals surface area contributed by atoms with Crippen molar-refractivity contribution in [3.8, 4) is 0 Å². The van der Waals surface area contributed by atoms with E-state index >= 15 is 0 Å². The van der Waals surface area contributed by atoms with Gasteiger partial charge in [0.05, 0.1) is 11.5 Å². The molecule has 1 aromatic carbocycles. The number of hydrogen-bond donors (Lipinski definition) is 1. The highest BCUT2D eigenvalue weighted by molar-refractivity contribution is 7.91. The summed E-state index contributed by atoms with van der Waals surface area (Å²) in [5.41, 5.74) is 0.637. The fourth-order valence-electron chi connectivity index (χ4n) is 3.54. The molecule has 8 heteroatoms. The van der Waals surface area contributed by atoms with Gasteiger partial charge >= 0.3 is 6.03 Å². The van der Waals surface area contributed by atoms with Gasteiger partial charge in [-0.3, -0.25) is 0 Å². The summed E-state index contributed by atoms with van der Waals surface area (Å²) in [4.78, 5) is 14.2. The summed E-state index contributed by atoms with van der Waals surface area (Å²) in [5, 5.41) is 4.31. The van der Waals surface area contributed by atoms with E-state index in [0.717, 1.165) is 24.8 Å². The van der Waals surface area contributed by atoms with Gasteiger partial charge in [-0.25, -0.2) is 13.2 Å². The van der Waals surface area contributed by atoms with Crippen LogP contribution in [0, 0.1) is 0 Å². The standard InChI is InChI=1S/C17H22Cl2N2O3S/c1-21(14-5-8-25(23,24)11-14)16(22)20-17(6-2-7-17)10-12-3-4-13(18)9-15(12)19/h3-4,9,14H,2,5-8,10-11H2,1H3,(H,20,22). The zero-order chi connectivity index (χ0) is 18.2. The maximum absolute atomic E-state index is 12.6. The van der Waals surface area contributed by atoms with E-state index in [1.54, 1.807) is 19.2 Å². The average molecular weight is 405 g/mol. The fraction of sp³-hybridized carbons (Fsp3) is 0.588. The zero-order valence-corrected chi connectivity index (χ0v) is 16.4. The van der Waals surface area contributed by atoms with Gasteiger partial charge in [0.2, 0.25) is 0 Å². The molecule has 25 heavy (non-hydrogen) atoms. The molecule has 1 N–H and O–H groups in total. The van der Waals surface area contributed by atoms with E-state index in [-0.39, 0.29) is 29.1 Å². The van der Waals surface area contributed by atoms with Gasteiger partial charge in [-0.1, -0.05) is 29.3 Å². The highest BCUT2D eigenvalue weighted by Crippen LogP contribution is 2.37. The maximum Gasteiger partial charge on any atom is 0.317 e. The van der Waals surface area contributed by atoms with Crippen LogP contribution in [0.3, 0.4) is 0 Å². The molecular weight excluding hydrogens is 383 g/mol. The lowest BCUT2D eigenvalue weighted by atomic mass is 9.73. The molecule has 2 amide bonds. The lowest BCUT2D eigenvalue weighted by Crippen LogP contribution is -2.59. The lowest BCUT2D eigenvalue weighted by Gasteiger charge is -2.44. The van der Waals surface area contributed by atoms with Gasteiger partial charge in [0.15, 0.2) is 9.84 Å². The largest absolute Gasteiger partial charge is 0.332 e. The molecule has 1 unspecified atom stereocenters. The number of sulfone groups is 1. The Bertz CT molecular complexity index is 778. The Morgan fingerprint density at radius 1 is 1.36 bits per heavy atom. The molecule has 1 saturated carbocycles. The van der Waals surface area contributed by atoms with Crippen LogP contribution in [0.2, 0.25) is 10.0 Å². The topological polar surface area (TPSA) is 66.5 Å². The molecule has 1 aromatic rings. The van der Waals surface area contributed by atoms with E-state index in [1.165, 1.54) is 4.90 Å². The van der Waals surface area contributed by atoms with Crippen molar-refractivity contribution in [1.82, 2.24) is 10.2 Å². The molecule has 5 nitrogen and oxygen atoms in total. The molecular formula is C17H22Cl2N2O3S. The first-order valence-corrected chi connectivity index (χ1v) is 11.0. The van der Waals surface area contributed by atoms with Crippen molar-refractivity contribution in [2.45, 2.75) is 43.7 Å². The van der Waals surface area contributed by atoms with Gasteiger partial charge in [0.1, 0.15) is 0 Å². The van der Waals surface area contributed by atoms with Crippen LogP contribution < -0.4 is 5.32 Å². The van der Waals surface area contributed by atoms with Crippen molar-refractivity contribution in [2.24, 2.45) is 0 Å². The number of nitrogens with zero attached hydrogens (tertiary/aromatic N) is 1. The van der Waals surface area contributed by atoms with Crippen LogP contribution >= 0.6 is 23.2 Å². The van der Waals surface area contributed by atoms with E-state index in [1.807, 2.05) is 6.07 Å². The summed E-state index contributed by atoms with van der Waals surface area (Å²) < 4.78 is 23.3. The molecule has 1 atom stereocenters. The van der Waals surface area contributed by atoms with Crippen molar-refractivity contribution in [3.63, 3.8) is 0 Å². The van der Waals surface area contributed by atoms with E-state index in [2.05, 4.69) is 5.32 Å². The summed E-state index contributed by atoms with van der Waals surface area (Å²) in [6.07, 6.45) is 3.96. The van der Waals surface area contributed by atoms with Gasteiger partial charge in [-0.15, -0.1) is 0 Å². The molecule has 2 aliphatic rings. The van der Waals surface area contributed by atoms with Crippen molar-refractivity contribution >= 4 is 39.1 Å². The Balaban J connectivity index is 1.67. The van der Waals surface area contributed by atoms with Crippen molar-refractivity contribution in [2.75, 3.05) is 18.6 Å². The zero-order valence-electron chi connectivity index (χ0n) is 14.1. The second kappa shape index (κ2) is 6.97. The molecule has 0 aromatic heterocycles. The predicted octanol–water partition coefficient (Wildman–Crippen LogP) is 3.29. The minimum Gasteiger partial charge on any atom is -0.332 e. The SMILES string of the molecule is CN(C(=O)NC1(Cc2ccc(Cl)cc2Cl)CCC1)C1CCS(=O)(=O)C1. The van der Waals surface area contributed by atoms with Gasteiger partial charge in [0.25, 0.3) is 0 Å². The van der Waals surface area contributed by atoms with E-state index < -0.39 is 9.84 Å². The summed E-state index contributed by atoms with van der Waals surface area (Å²) >= 11 is 12.2. The van der Waals surface area contributed by atoms with Crippen LogP contribution in [-0.4, -0.2) is 49.5 Å². The first-order valence-electron chi connectivity index (χ1n) is 8.39. The normalized spacial score (nSPS) is 23.7. The molecule has 0 spiro atoms. The maximum atomic E-state index is 12.6. The van der Waals surface area contributed by atoms with Crippen LogP contribution in [0.1, 0.15) is 31.2 Å². The number of nitrogens with one attached hydrogen (secondary N) is 1. The molecule has 1 aliphatic carbocycles. The monoisotopic (exact) mass is 404 g/mol. The number of halogens is 2. The van der Waals surface area contributed by atoms with Crippen LogP contribution in [0.25, 0.3) is 0 Å². The predicted molar refractivity (Wildman–Crippen MR) is 100 cm³/mol. The van der Waals surface area contributed by atoms with Crippen LogP contribution in [0.4, 0.5) is 4.79 Å². The van der Waals surface area contributed by atoms with Crippen LogP contribution in [0.15, 0.2) is 18.2 Å². The third-order valence-electron chi connectivity index (χ3n) is 5.30. The Kier molecular flexibility index (Phi) is 5.24. The molecule has 1 saturated heterocycles. The van der Waals surface area contributed by atoms with Gasteiger partial charge < -0.3 is 10.2 Å². The lowest BCUT2D eigenvalue weighted by molar-refractivity contribution is 0.147. The Labute approximate surface area is 158 Å². The average Bonchev–Trinajstić information content (AvgIpc) is 2.86. The third-order valence-corrected chi connectivity index (χ3v) is 7.64. The smallest absolute Gasteiger partial charge is 0.317 e. The highest BCUT2D eigenvalue weighted by Gasteiger charge is 2.41. The minimum absolute atomic E-state index is 0.0485. The number of rotatable bonds is 4. The molecule has 3 rings (SSSR count). The van der Waals surface area contributed by atoms with Gasteiger partial charge in [-0.05, 0) is 49.8 Å². The van der Waals surface area contributed by atoms with E-state index in [4.69, 9.17) is 23.2 Å². The second-order valence-electron chi connectivity index (χ2n) is 7.14. The quantitative estimate of drug-likeness (QED) is 0.836. The number of carbonyl (C=O) groups is 1. The highest BCUT2D eigenvalue weighted by atomic mass is 35.5. The van der Waals surface area contributed by atoms with Crippen molar-refractivity contribution in [1.29, 1.82) is 0 Å². The van der Waals surface area contributed by atoms with Crippen molar-refractivity contribution < 1.29 is 13.2 Å². The fourth-order valence-corrected chi connectivity index (χ4v) is 5.79. The number of amides is 2. The molecule has 0 bridgehead atoms. The molecule has 1 aliphatic heterocycles. The van der Waals surface area contributed by atoms with E-state index in [0.29, 0.717) is 22.9 Å². The number of hydrogen-bond acceptors (Lipinski definition) is 3. The Hall–Kier alpha value is -0.980. The van der Waals surface area contributed by atoms with Crippen LogP contribution in [0.5, 0.6) is 0 Å². The van der Waals surface area contributed by atoms with Gasteiger partial charge in [0, 0.05) is 28.7 Å². The molecule has 0 radical (unpaired) electrons. The first-order chi connectivity index (χ1) is 11.7. The first kappa shape index (κ1) is 18.8. The van der Waals surface area contributed by atoms with Gasteiger partial charge in [-0.2, -0.15) is 0 Å². The van der Waals surface area contributed by atoms with Crippen molar-refractivity contribution in [3.05, 3.63) is 33.8 Å². The summed E-state index contributed by atoms with van der Waals surface area (Å²) in [6, 6.07) is 4.94. The molecule has 1 heterocycles.